The molecule has 0 amide bonds. The molecule has 7 nitrogen and oxygen atoms in total. The molecule has 0 radical (unpaired) electrons. The normalized spacial score (nSPS) is 12.9. The number of carboxylic acids is 1. The van der Waals surface area contributed by atoms with Gasteiger partial charge in [-0.2, -0.15) is 0 Å². The standard InChI is InChI=1S/C26H26N2O5S/c1-4-31-22(26(29)30)13-18-7-9-20(10-8-18)33-17(3)24-16(2)12-23(34-24)25-27-14-19(15-28-25)21-6-5-11-32-21/h5-12,14-15,17,22H,4,13H2,1-3H3,(H,29,30). The summed E-state index contributed by atoms with van der Waals surface area (Å²) in [6.07, 6.45) is 4.45. The third kappa shape index (κ3) is 5.52. The Morgan fingerprint density at radius 2 is 1.91 bits per heavy atom. The largest absolute Gasteiger partial charge is 0.485 e. The maximum atomic E-state index is 11.3. The number of carbonyl (C=O) groups is 1. The van der Waals surface area contributed by atoms with E-state index in [-0.39, 0.29) is 6.10 Å². The molecule has 1 aromatic carbocycles. The van der Waals surface area contributed by atoms with Crippen LogP contribution in [-0.4, -0.2) is 33.8 Å². The molecule has 0 aliphatic carbocycles. The van der Waals surface area contributed by atoms with Gasteiger partial charge in [-0.25, -0.2) is 14.8 Å². The predicted molar refractivity (Wildman–Crippen MR) is 130 cm³/mol. The molecule has 0 aliphatic heterocycles. The summed E-state index contributed by atoms with van der Waals surface area (Å²) in [6, 6.07) is 13.2. The number of ether oxygens (including phenoxy) is 2. The molecular formula is C26H26N2O5S. The molecule has 4 rings (SSSR count). The summed E-state index contributed by atoms with van der Waals surface area (Å²) in [7, 11) is 0. The van der Waals surface area contributed by atoms with E-state index in [1.54, 1.807) is 36.9 Å². The lowest BCUT2D eigenvalue weighted by Gasteiger charge is -2.16. The maximum absolute atomic E-state index is 11.3. The van der Waals surface area contributed by atoms with Crippen LogP contribution in [0.3, 0.4) is 0 Å². The molecule has 3 aromatic heterocycles. The summed E-state index contributed by atoms with van der Waals surface area (Å²) in [5.74, 6) is 1.15. The minimum absolute atomic E-state index is 0.165. The zero-order valence-corrected chi connectivity index (χ0v) is 20.0. The van der Waals surface area contributed by atoms with E-state index in [9.17, 15) is 9.90 Å². The molecule has 34 heavy (non-hydrogen) atoms. The Morgan fingerprint density at radius 3 is 2.53 bits per heavy atom. The number of hydrogen-bond donors (Lipinski definition) is 1. The Morgan fingerprint density at radius 1 is 1.18 bits per heavy atom. The van der Waals surface area contributed by atoms with Crippen molar-refractivity contribution in [3.63, 3.8) is 0 Å². The van der Waals surface area contributed by atoms with Crippen LogP contribution in [-0.2, 0) is 16.0 Å². The summed E-state index contributed by atoms with van der Waals surface area (Å²) < 4.78 is 16.9. The molecule has 0 aliphatic rings. The molecule has 0 spiro atoms. The van der Waals surface area contributed by atoms with Crippen molar-refractivity contribution in [1.82, 2.24) is 9.97 Å². The first-order valence-electron chi connectivity index (χ1n) is 11.0. The molecule has 2 atom stereocenters. The fourth-order valence-electron chi connectivity index (χ4n) is 3.63. The topological polar surface area (TPSA) is 94.7 Å². The molecule has 0 bridgehead atoms. The summed E-state index contributed by atoms with van der Waals surface area (Å²) in [5, 5.41) is 9.27. The second-order valence-electron chi connectivity index (χ2n) is 7.82. The molecule has 8 heteroatoms. The Hall–Kier alpha value is -3.49. The van der Waals surface area contributed by atoms with E-state index in [2.05, 4.69) is 23.0 Å². The number of aryl methyl sites for hydroxylation is 1. The number of hydrogen-bond acceptors (Lipinski definition) is 7. The SMILES string of the molecule is CCOC(Cc1ccc(OC(C)c2sc(-c3ncc(-c4ccco4)cn3)cc2C)cc1)C(=O)O. The van der Waals surface area contributed by atoms with E-state index >= 15 is 0 Å². The summed E-state index contributed by atoms with van der Waals surface area (Å²) >= 11 is 1.61. The minimum Gasteiger partial charge on any atom is -0.485 e. The average Bonchev–Trinajstić information content (AvgIpc) is 3.50. The molecule has 176 valence electrons. The Bertz CT molecular complexity index is 1220. The van der Waals surface area contributed by atoms with Gasteiger partial charge in [-0.1, -0.05) is 12.1 Å². The zero-order chi connectivity index (χ0) is 24.1. The number of thiophene rings is 1. The van der Waals surface area contributed by atoms with Crippen LogP contribution >= 0.6 is 11.3 Å². The van der Waals surface area contributed by atoms with Gasteiger partial charge in [0.1, 0.15) is 17.6 Å². The van der Waals surface area contributed by atoms with Crippen LogP contribution < -0.4 is 4.74 Å². The lowest BCUT2D eigenvalue weighted by atomic mass is 10.1. The van der Waals surface area contributed by atoms with Gasteiger partial charge in [0, 0.05) is 30.3 Å². The Labute approximate surface area is 202 Å². The van der Waals surface area contributed by atoms with Gasteiger partial charge in [-0.3, -0.25) is 0 Å². The molecule has 0 fully saturated rings. The second-order valence-corrected chi connectivity index (χ2v) is 8.90. The first-order chi connectivity index (χ1) is 16.4. The Kier molecular flexibility index (Phi) is 7.40. The highest BCUT2D eigenvalue weighted by Gasteiger charge is 2.19. The van der Waals surface area contributed by atoms with E-state index in [1.165, 1.54) is 0 Å². The number of rotatable bonds is 10. The van der Waals surface area contributed by atoms with Gasteiger partial charge in [-0.05, 0) is 62.2 Å². The number of furan rings is 1. The third-order valence-electron chi connectivity index (χ3n) is 5.30. The lowest BCUT2D eigenvalue weighted by molar-refractivity contribution is -0.149. The van der Waals surface area contributed by atoms with Crippen molar-refractivity contribution >= 4 is 17.3 Å². The Balaban J connectivity index is 1.43. The fourth-order valence-corrected chi connectivity index (χ4v) is 4.73. The summed E-state index contributed by atoms with van der Waals surface area (Å²) in [4.78, 5) is 22.4. The van der Waals surface area contributed by atoms with Gasteiger partial charge in [0.2, 0.25) is 0 Å². The maximum Gasteiger partial charge on any atom is 0.333 e. The van der Waals surface area contributed by atoms with Crippen LogP contribution in [0.1, 0.15) is 36.0 Å². The summed E-state index contributed by atoms with van der Waals surface area (Å²) in [5.41, 5.74) is 2.83. The molecule has 2 unspecified atom stereocenters. The molecule has 3 heterocycles. The lowest BCUT2D eigenvalue weighted by Crippen LogP contribution is -2.26. The van der Waals surface area contributed by atoms with E-state index in [4.69, 9.17) is 13.9 Å². The van der Waals surface area contributed by atoms with Crippen LogP contribution in [0.25, 0.3) is 22.0 Å². The number of benzene rings is 1. The smallest absolute Gasteiger partial charge is 0.333 e. The van der Waals surface area contributed by atoms with Crippen molar-refractivity contribution < 1.29 is 23.8 Å². The number of aromatic nitrogens is 2. The van der Waals surface area contributed by atoms with Gasteiger partial charge in [0.25, 0.3) is 0 Å². The van der Waals surface area contributed by atoms with Gasteiger partial charge in [-0.15, -0.1) is 11.3 Å². The zero-order valence-electron chi connectivity index (χ0n) is 19.2. The van der Waals surface area contributed by atoms with E-state index in [0.29, 0.717) is 24.6 Å². The molecular weight excluding hydrogens is 452 g/mol. The molecule has 0 saturated heterocycles. The minimum atomic E-state index is -0.959. The highest BCUT2D eigenvalue weighted by molar-refractivity contribution is 7.15. The van der Waals surface area contributed by atoms with Crippen LogP contribution in [0.2, 0.25) is 0 Å². The first kappa shape index (κ1) is 23.7. The summed E-state index contributed by atoms with van der Waals surface area (Å²) in [6.45, 7) is 6.20. The van der Waals surface area contributed by atoms with Crippen molar-refractivity contribution in [3.8, 4) is 27.8 Å². The number of aliphatic carboxylic acids is 1. The molecule has 4 aromatic rings. The third-order valence-corrected chi connectivity index (χ3v) is 6.70. The molecule has 1 N–H and O–H groups in total. The predicted octanol–water partition coefficient (Wildman–Crippen LogP) is 5.95. The van der Waals surface area contributed by atoms with Gasteiger partial charge >= 0.3 is 5.97 Å². The van der Waals surface area contributed by atoms with Gasteiger partial charge in [0.05, 0.1) is 16.7 Å². The van der Waals surface area contributed by atoms with Crippen LogP contribution in [0, 0.1) is 6.92 Å². The van der Waals surface area contributed by atoms with Gasteiger partial charge < -0.3 is 19.0 Å². The number of nitrogens with zero attached hydrogens (tertiary/aromatic N) is 2. The highest BCUT2D eigenvalue weighted by Crippen LogP contribution is 2.35. The first-order valence-corrected chi connectivity index (χ1v) is 11.8. The number of carboxylic acid groups (broad SMARTS) is 1. The average molecular weight is 479 g/mol. The fraction of sp³-hybridized carbons (Fsp3) is 0.269. The van der Waals surface area contributed by atoms with E-state index < -0.39 is 12.1 Å². The van der Waals surface area contributed by atoms with Crippen LogP contribution in [0.4, 0.5) is 0 Å². The van der Waals surface area contributed by atoms with E-state index in [0.717, 1.165) is 32.2 Å². The monoisotopic (exact) mass is 478 g/mol. The van der Waals surface area contributed by atoms with Gasteiger partial charge in [0.15, 0.2) is 11.9 Å². The molecule has 0 saturated carbocycles. The highest BCUT2D eigenvalue weighted by atomic mass is 32.1. The van der Waals surface area contributed by atoms with Crippen molar-refractivity contribution in [1.29, 1.82) is 0 Å². The quantitative estimate of drug-likeness (QED) is 0.301. The van der Waals surface area contributed by atoms with Crippen molar-refractivity contribution in [2.75, 3.05) is 6.61 Å². The van der Waals surface area contributed by atoms with Crippen LogP contribution in [0.15, 0.2) is 65.5 Å². The van der Waals surface area contributed by atoms with Crippen LogP contribution in [0.5, 0.6) is 5.75 Å². The second kappa shape index (κ2) is 10.6. The van der Waals surface area contributed by atoms with Crippen molar-refractivity contribution in [2.45, 2.75) is 39.4 Å². The van der Waals surface area contributed by atoms with E-state index in [1.807, 2.05) is 43.3 Å². The van der Waals surface area contributed by atoms with Crippen molar-refractivity contribution in [2.24, 2.45) is 0 Å². The van der Waals surface area contributed by atoms with Crippen molar-refractivity contribution in [3.05, 3.63) is 77.1 Å².